The van der Waals surface area contributed by atoms with Gasteiger partial charge in [-0.05, 0) is 19.3 Å². The van der Waals surface area contributed by atoms with Crippen LogP contribution in [-0.2, 0) is 20.7 Å². The molecule has 3 rings (SSSR count). The van der Waals surface area contributed by atoms with Gasteiger partial charge in [-0.3, -0.25) is 9.20 Å². The van der Waals surface area contributed by atoms with Crippen molar-refractivity contribution in [1.82, 2.24) is 9.38 Å². The van der Waals surface area contributed by atoms with Crippen molar-refractivity contribution in [3.05, 3.63) is 23.0 Å². The molecule has 2 aromatic heterocycles. The number of hydrogen-bond donors (Lipinski definition) is 0. The number of aryl methyl sites for hydroxylation is 1. The van der Waals surface area contributed by atoms with Gasteiger partial charge in [0.05, 0.1) is 19.4 Å². The van der Waals surface area contributed by atoms with Gasteiger partial charge in [0, 0.05) is 36.2 Å². The van der Waals surface area contributed by atoms with E-state index < -0.39 is 0 Å². The predicted molar refractivity (Wildman–Crippen MR) is 76.2 cm³/mol. The van der Waals surface area contributed by atoms with E-state index in [2.05, 4.69) is 25.7 Å². The fraction of sp³-hybridized carbons (Fsp3) is 0.571. The lowest BCUT2D eigenvalue weighted by Crippen LogP contribution is -2.01. The van der Waals surface area contributed by atoms with Crippen molar-refractivity contribution in [1.29, 1.82) is 0 Å². The van der Waals surface area contributed by atoms with E-state index in [1.54, 1.807) is 11.3 Å². The van der Waals surface area contributed by atoms with E-state index >= 15 is 0 Å². The Kier molecular flexibility index (Phi) is 4.03. The first-order valence-electron chi connectivity index (χ1n) is 6.88. The second-order valence-electron chi connectivity index (χ2n) is 5.04. The minimum atomic E-state index is -0.147. The maximum atomic E-state index is 11.1. The van der Waals surface area contributed by atoms with Crippen LogP contribution >= 0.6 is 11.3 Å². The van der Waals surface area contributed by atoms with Gasteiger partial charge in [-0.2, -0.15) is 0 Å². The maximum absolute atomic E-state index is 11.1. The van der Waals surface area contributed by atoms with Crippen LogP contribution < -0.4 is 0 Å². The van der Waals surface area contributed by atoms with Gasteiger partial charge in [0.15, 0.2) is 4.96 Å². The van der Waals surface area contributed by atoms with E-state index in [0.717, 1.165) is 43.1 Å². The molecule has 0 saturated carbocycles. The zero-order chi connectivity index (χ0) is 13.9. The summed E-state index contributed by atoms with van der Waals surface area (Å²) in [5, 5.41) is 2.12. The number of aromatic nitrogens is 2. The van der Waals surface area contributed by atoms with Crippen LogP contribution in [0.25, 0.3) is 4.96 Å². The number of thiazole rings is 1. The van der Waals surface area contributed by atoms with Crippen LogP contribution in [0.4, 0.5) is 0 Å². The zero-order valence-electron chi connectivity index (χ0n) is 11.5. The summed E-state index contributed by atoms with van der Waals surface area (Å²) in [5.41, 5.74) is 2.34. The van der Waals surface area contributed by atoms with E-state index in [9.17, 15) is 4.79 Å². The largest absolute Gasteiger partial charge is 0.469 e. The highest BCUT2D eigenvalue weighted by Gasteiger charge is 2.21. The summed E-state index contributed by atoms with van der Waals surface area (Å²) in [6.45, 7) is 1.62. The number of ether oxygens (including phenoxy) is 2. The van der Waals surface area contributed by atoms with Gasteiger partial charge >= 0.3 is 5.97 Å². The number of hydrogen-bond acceptors (Lipinski definition) is 5. The van der Waals surface area contributed by atoms with Gasteiger partial charge in [-0.15, -0.1) is 11.3 Å². The van der Waals surface area contributed by atoms with E-state index in [4.69, 9.17) is 4.74 Å². The van der Waals surface area contributed by atoms with Crippen LogP contribution in [0.2, 0.25) is 0 Å². The lowest BCUT2D eigenvalue weighted by atomic mass is 10.1. The van der Waals surface area contributed by atoms with Crippen molar-refractivity contribution in [2.45, 2.75) is 31.6 Å². The number of carbonyl (C=O) groups is 1. The minimum Gasteiger partial charge on any atom is -0.469 e. The Bertz CT molecular complexity index is 599. The van der Waals surface area contributed by atoms with Crippen LogP contribution in [0, 0.1) is 0 Å². The number of fused-ring (bicyclic) bond motifs is 1. The van der Waals surface area contributed by atoms with Crippen LogP contribution in [0.5, 0.6) is 0 Å². The Labute approximate surface area is 121 Å². The van der Waals surface area contributed by atoms with Gasteiger partial charge in [0.1, 0.15) is 0 Å². The standard InChI is InChI=1S/C14H18N2O3S/c1-18-13(17)4-2-3-11-9-20-14-15-12(7-16(11)14)10-5-6-19-8-10/h7,9-10H,2-6,8H2,1H3. The number of esters is 1. The van der Waals surface area contributed by atoms with E-state index in [1.807, 2.05) is 0 Å². The lowest BCUT2D eigenvalue weighted by molar-refractivity contribution is -0.140. The molecule has 1 atom stereocenters. The Morgan fingerprint density at radius 2 is 2.55 bits per heavy atom. The second-order valence-corrected chi connectivity index (χ2v) is 5.87. The van der Waals surface area contributed by atoms with Gasteiger partial charge in [-0.1, -0.05) is 0 Å². The minimum absolute atomic E-state index is 0.147. The molecule has 0 aromatic carbocycles. The quantitative estimate of drug-likeness (QED) is 0.795. The third-order valence-corrected chi connectivity index (χ3v) is 4.58. The van der Waals surface area contributed by atoms with Gasteiger partial charge in [0.25, 0.3) is 0 Å². The molecule has 6 heteroatoms. The molecule has 0 radical (unpaired) electrons. The van der Waals surface area contributed by atoms with Crippen LogP contribution in [0.1, 0.15) is 36.6 Å². The molecule has 20 heavy (non-hydrogen) atoms. The van der Waals surface area contributed by atoms with E-state index in [1.165, 1.54) is 12.8 Å². The molecule has 0 spiro atoms. The highest BCUT2D eigenvalue weighted by atomic mass is 32.1. The Balaban J connectivity index is 1.70. The van der Waals surface area contributed by atoms with Crippen molar-refractivity contribution >= 4 is 22.3 Å². The van der Waals surface area contributed by atoms with Crippen molar-refractivity contribution in [2.75, 3.05) is 20.3 Å². The second kappa shape index (κ2) is 5.93. The van der Waals surface area contributed by atoms with Gasteiger partial charge < -0.3 is 9.47 Å². The van der Waals surface area contributed by atoms with E-state index in [0.29, 0.717) is 12.3 Å². The summed E-state index contributed by atoms with van der Waals surface area (Å²) in [4.78, 5) is 16.8. The molecule has 0 aliphatic carbocycles. The Hall–Kier alpha value is -1.40. The number of rotatable bonds is 5. The fourth-order valence-corrected chi connectivity index (χ4v) is 3.42. The lowest BCUT2D eigenvalue weighted by Gasteiger charge is -2.02. The highest BCUT2D eigenvalue weighted by molar-refractivity contribution is 7.15. The highest BCUT2D eigenvalue weighted by Crippen LogP contribution is 2.27. The first-order valence-corrected chi connectivity index (χ1v) is 7.76. The fourth-order valence-electron chi connectivity index (χ4n) is 2.51. The number of nitrogens with zero attached hydrogens (tertiary/aromatic N) is 2. The molecule has 1 aliphatic rings. The van der Waals surface area contributed by atoms with Crippen molar-refractivity contribution in [3.8, 4) is 0 Å². The maximum Gasteiger partial charge on any atom is 0.305 e. The number of imidazole rings is 1. The average molecular weight is 294 g/mol. The molecule has 1 fully saturated rings. The van der Waals surface area contributed by atoms with Crippen LogP contribution in [0.3, 0.4) is 0 Å². The molecule has 0 amide bonds. The first kappa shape index (κ1) is 13.6. The molecule has 0 N–H and O–H groups in total. The zero-order valence-corrected chi connectivity index (χ0v) is 12.3. The summed E-state index contributed by atoms with van der Waals surface area (Å²) < 4.78 is 12.2. The molecule has 108 valence electrons. The molecular formula is C14H18N2O3S. The third-order valence-electron chi connectivity index (χ3n) is 3.69. The van der Waals surface area contributed by atoms with Gasteiger partial charge in [-0.25, -0.2) is 4.98 Å². The summed E-state index contributed by atoms with van der Waals surface area (Å²) in [5.74, 6) is 0.288. The summed E-state index contributed by atoms with van der Waals surface area (Å²) in [6.07, 6.45) is 5.32. The van der Waals surface area contributed by atoms with Crippen molar-refractivity contribution in [2.24, 2.45) is 0 Å². The molecule has 1 aliphatic heterocycles. The molecule has 1 saturated heterocycles. The van der Waals surface area contributed by atoms with Crippen LogP contribution in [0.15, 0.2) is 11.6 Å². The summed E-state index contributed by atoms with van der Waals surface area (Å²) in [6, 6.07) is 0. The molecule has 5 nitrogen and oxygen atoms in total. The summed E-state index contributed by atoms with van der Waals surface area (Å²) in [7, 11) is 1.43. The molecule has 1 unspecified atom stereocenters. The molecule has 2 aromatic rings. The first-order chi connectivity index (χ1) is 9.78. The Morgan fingerprint density at radius 1 is 1.65 bits per heavy atom. The average Bonchev–Trinajstić information content (AvgIpc) is 3.15. The topological polar surface area (TPSA) is 52.8 Å². The van der Waals surface area contributed by atoms with Gasteiger partial charge in [0.2, 0.25) is 0 Å². The van der Waals surface area contributed by atoms with Crippen molar-refractivity contribution in [3.63, 3.8) is 0 Å². The smallest absolute Gasteiger partial charge is 0.305 e. The molecule has 3 heterocycles. The SMILES string of the molecule is COC(=O)CCCc1csc2nc(C3CCOC3)cn12. The Morgan fingerprint density at radius 3 is 3.30 bits per heavy atom. The number of carbonyl (C=O) groups excluding carboxylic acids is 1. The predicted octanol–water partition coefficient (Wildman–Crippen LogP) is 2.40. The normalized spacial score (nSPS) is 18.8. The van der Waals surface area contributed by atoms with Crippen molar-refractivity contribution < 1.29 is 14.3 Å². The molecule has 0 bridgehead atoms. The van der Waals surface area contributed by atoms with Crippen LogP contribution in [-0.4, -0.2) is 35.7 Å². The van der Waals surface area contributed by atoms with E-state index in [-0.39, 0.29) is 5.97 Å². The third kappa shape index (κ3) is 2.71. The monoisotopic (exact) mass is 294 g/mol. The molecular weight excluding hydrogens is 276 g/mol. The summed E-state index contributed by atoms with van der Waals surface area (Å²) >= 11 is 1.65. The number of methoxy groups -OCH3 is 1.